The van der Waals surface area contributed by atoms with Crippen molar-refractivity contribution >= 4 is 17.1 Å². The van der Waals surface area contributed by atoms with Gasteiger partial charge in [0, 0.05) is 23.0 Å². The summed E-state index contributed by atoms with van der Waals surface area (Å²) in [6.45, 7) is 1.91. The zero-order valence-corrected chi connectivity index (χ0v) is 15.3. The lowest BCUT2D eigenvalue weighted by Crippen LogP contribution is -2.00. The molecule has 0 unspecified atom stereocenters. The number of hydrogen-bond donors (Lipinski definition) is 0. The van der Waals surface area contributed by atoms with Crippen molar-refractivity contribution in [3.05, 3.63) is 88.4 Å². The minimum absolute atomic E-state index is 0.183. The Morgan fingerprint density at radius 3 is 2.78 bits per heavy atom. The molecule has 27 heavy (non-hydrogen) atoms. The molecule has 4 aromatic rings. The topological polar surface area (TPSA) is 71.6 Å². The minimum Gasteiger partial charge on any atom is -0.306 e. The molecule has 0 amide bonds. The van der Waals surface area contributed by atoms with Crippen molar-refractivity contribution in [2.75, 3.05) is 0 Å². The van der Waals surface area contributed by atoms with Crippen molar-refractivity contribution in [3.8, 4) is 22.9 Å². The van der Waals surface area contributed by atoms with E-state index in [1.54, 1.807) is 29.4 Å². The quantitative estimate of drug-likeness (QED) is 0.499. The summed E-state index contributed by atoms with van der Waals surface area (Å²) < 4.78 is 1.80. The number of carbonyl (C=O) groups is 1. The fourth-order valence-corrected chi connectivity index (χ4v) is 3.53. The normalized spacial score (nSPS) is 10.5. The predicted octanol–water partition coefficient (Wildman–Crippen LogP) is 4.41. The van der Waals surface area contributed by atoms with Crippen LogP contribution < -0.4 is 0 Å². The number of hydrogen-bond acceptors (Lipinski definition) is 5. The maximum absolute atomic E-state index is 12.5. The molecule has 0 aliphatic rings. The van der Waals surface area contributed by atoms with Gasteiger partial charge in [0.15, 0.2) is 5.01 Å². The number of nitrogens with zero attached hydrogens (tertiary/aromatic N) is 4. The average Bonchev–Trinajstić information content (AvgIpc) is 3.37. The van der Waals surface area contributed by atoms with Gasteiger partial charge >= 0.3 is 0 Å². The fourth-order valence-electron chi connectivity index (χ4n) is 2.82. The van der Waals surface area contributed by atoms with Crippen molar-refractivity contribution in [3.63, 3.8) is 0 Å². The Labute approximate surface area is 160 Å². The van der Waals surface area contributed by atoms with Crippen LogP contribution in [0.4, 0.5) is 0 Å². The van der Waals surface area contributed by atoms with Crippen LogP contribution in [-0.4, -0.2) is 20.3 Å². The Balaban J connectivity index is 1.68. The van der Waals surface area contributed by atoms with E-state index in [-0.39, 0.29) is 5.78 Å². The highest BCUT2D eigenvalue weighted by molar-refractivity contribution is 7.13. The zero-order valence-electron chi connectivity index (χ0n) is 14.5. The summed E-state index contributed by atoms with van der Waals surface area (Å²) in [6, 6.07) is 17.5. The number of aromatic nitrogens is 3. The molecule has 0 fully saturated rings. The number of rotatable bonds is 4. The van der Waals surface area contributed by atoms with Crippen molar-refractivity contribution < 1.29 is 4.79 Å². The van der Waals surface area contributed by atoms with Crippen molar-refractivity contribution in [1.29, 1.82) is 5.26 Å². The smallest absolute Gasteiger partial charge is 0.241 e. The summed E-state index contributed by atoms with van der Waals surface area (Å²) in [5.74, 6) is -0.183. The molecule has 6 heteroatoms. The lowest BCUT2D eigenvalue weighted by molar-refractivity contribution is 0.103. The average molecular weight is 370 g/mol. The number of aryl methyl sites for hydroxylation is 1. The highest BCUT2D eigenvalue weighted by atomic mass is 32.1. The molecule has 0 N–H and O–H groups in total. The van der Waals surface area contributed by atoms with Crippen LogP contribution >= 0.6 is 11.3 Å². The van der Waals surface area contributed by atoms with E-state index in [0.29, 0.717) is 16.3 Å². The lowest BCUT2D eigenvalue weighted by Gasteiger charge is -2.07. The van der Waals surface area contributed by atoms with Gasteiger partial charge in [-0.3, -0.25) is 4.79 Å². The molecule has 0 saturated heterocycles. The van der Waals surface area contributed by atoms with Gasteiger partial charge in [-0.05, 0) is 36.2 Å². The van der Waals surface area contributed by atoms with E-state index < -0.39 is 0 Å². The van der Waals surface area contributed by atoms with Crippen LogP contribution in [-0.2, 0) is 0 Å². The number of benzene rings is 2. The molecule has 0 spiro atoms. The first-order chi connectivity index (χ1) is 13.2. The Morgan fingerprint density at radius 2 is 2.00 bits per heavy atom. The van der Waals surface area contributed by atoms with Gasteiger partial charge in [0.25, 0.3) is 0 Å². The summed E-state index contributed by atoms with van der Waals surface area (Å²) in [5.41, 5.74) is 3.64. The minimum atomic E-state index is -0.183. The second kappa shape index (κ2) is 6.98. The van der Waals surface area contributed by atoms with Gasteiger partial charge in [-0.15, -0.1) is 11.3 Å². The van der Waals surface area contributed by atoms with Gasteiger partial charge in [-0.2, -0.15) is 5.26 Å². The van der Waals surface area contributed by atoms with Gasteiger partial charge in [0.05, 0.1) is 11.6 Å². The summed E-state index contributed by atoms with van der Waals surface area (Å²) >= 11 is 1.36. The SMILES string of the molecule is Cc1cnc(C(=O)c2cn(-c3cccc(-c4ccccc4C#N)c3)cn2)s1. The lowest BCUT2D eigenvalue weighted by atomic mass is 10.00. The van der Waals surface area contributed by atoms with Crippen LogP contribution in [0.5, 0.6) is 0 Å². The van der Waals surface area contributed by atoms with E-state index >= 15 is 0 Å². The molecular weight excluding hydrogens is 356 g/mol. The fraction of sp³-hybridized carbons (Fsp3) is 0.0476. The Morgan fingerprint density at radius 1 is 1.15 bits per heavy atom. The van der Waals surface area contributed by atoms with Gasteiger partial charge in [-0.1, -0.05) is 30.3 Å². The van der Waals surface area contributed by atoms with E-state index in [9.17, 15) is 10.1 Å². The first-order valence-corrected chi connectivity index (χ1v) is 9.08. The number of ketones is 1. The molecule has 2 heterocycles. The van der Waals surface area contributed by atoms with Crippen LogP contribution in [0.15, 0.2) is 67.3 Å². The number of thiazole rings is 1. The maximum Gasteiger partial charge on any atom is 0.241 e. The van der Waals surface area contributed by atoms with Gasteiger partial charge in [-0.25, -0.2) is 9.97 Å². The number of carbonyl (C=O) groups excluding carboxylic acids is 1. The van der Waals surface area contributed by atoms with Crippen molar-refractivity contribution in [2.45, 2.75) is 6.92 Å². The van der Waals surface area contributed by atoms with E-state index in [1.165, 1.54) is 11.3 Å². The van der Waals surface area contributed by atoms with Crippen LogP contribution in [0.25, 0.3) is 16.8 Å². The molecule has 0 atom stereocenters. The summed E-state index contributed by atoms with van der Waals surface area (Å²) in [7, 11) is 0. The maximum atomic E-state index is 12.5. The summed E-state index contributed by atoms with van der Waals surface area (Å²) in [6.07, 6.45) is 5.00. The molecule has 2 aromatic heterocycles. The zero-order chi connectivity index (χ0) is 18.8. The molecular formula is C21H14N4OS. The molecule has 0 bridgehead atoms. The standard InChI is InChI=1S/C21H14N4OS/c1-14-11-23-21(27-14)20(26)19-12-25(13-24-19)17-7-4-6-15(9-17)18-8-3-2-5-16(18)10-22/h2-9,11-13H,1H3. The van der Waals surface area contributed by atoms with Crippen LogP contribution in [0.1, 0.15) is 25.9 Å². The first kappa shape index (κ1) is 16.9. The molecule has 5 nitrogen and oxygen atoms in total. The van der Waals surface area contributed by atoms with E-state index in [4.69, 9.17) is 0 Å². The Hall–Kier alpha value is -3.56. The van der Waals surface area contributed by atoms with E-state index in [2.05, 4.69) is 16.0 Å². The highest BCUT2D eigenvalue weighted by Crippen LogP contribution is 2.25. The molecule has 130 valence electrons. The van der Waals surface area contributed by atoms with E-state index in [1.807, 2.05) is 49.4 Å². The van der Waals surface area contributed by atoms with Gasteiger partial charge < -0.3 is 4.57 Å². The Kier molecular flexibility index (Phi) is 4.37. The van der Waals surface area contributed by atoms with Crippen molar-refractivity contribution in [1.82, 2.24) is 14.5 Å². The first-order valence-electron chi connectivity index (χ1n) is 8.27. The third kappa shape index (κ3) is 3.28. The van der Waals surface area contributed by atoms with Gasteiger partial charge in [0.1, 0.15) is 12.0 Å². The summed E-state index contributed by atoms with van der Waals surface area (Å²) in [4.78, 5) is 21.9. The number of nitriles is 1. The largest absolute Gasteiger partial charge is 0.306 e. The van der Waals surface area contributed by atoms with E-state index in [0.717, 1.165) is 21.7 Å². The third-order valence-electron chi connectivity index (χ3n) is 4.13. The Bertz CT molecular complexity index is 1180. The molecule has 0 radical (unpaired) electrons. The second-order valence-electron chi connectivity index (χ2n) is 5.98. The monoisotopic (exact) mass is 370 g/mol. The van der Waals surface area contributed by atoms with Crippen LogP contribution in [0.3, 0.4) is 0 Å². The molecule has 0 aliphatic carbocycles. The molecule has 0 saturated carbocycles. The molecule has 4 rings (SSSR count). The molecule has 0 aliphatic heterocycles. The number of imidazole rings is 1. The van der Waals surface area contributed by atoms with Crippen molar-refractivity contribution in [2.24, 2.45) is 0 Å². The summed E-state index contributed by atoms with van der Waals surface area (Å²) in [5, 5.41) is 9.77. The van der Waals surface area contributed by atoms with Crippen LogP contribution in [0, 0.1) is 18.3 Å². The van der Waals surface area contributed by atoms with Crippen LogP contribution in [0.2, 0.25) is 0 Å². The van der Waals surface area contributed by atoms with Gasteiger partial charge in [0.2, 0.25) is 5.78 Å². The third-order valence-corrected chi connectivity index (χ3v) is 5.05. The second-order valence-corrected chi connectivity index (χ2v) is 7.21. The predicted molar refractivity (Wildman–Crippen MR) is 104 cm³/mol. The highest BCUT2D eigenvalue weighted by Gasteiger charge is 2.16. The molecule has 2 aromatic carbocycles.